The van der Waals surface area contributed by atoms with Gasteiger partial charge in [0, 0.05) is 17.7 Å². The summed E-state index contributed by atoms with van der Waals surface area (Å²) in [4.78, 5) is 45.6. The summed E-state index contributed by atoms with van der Waals surface area (Å²) in [6.45, 7) is 3.05. The number of nitro groups is 1. The van der Waals surface area contributed by atoms with Gasteiger partial charge < -0.3 is 4.74 Å². The van der Waals surface area contributed by atoms with Crippen molar-refractivity contribution in [2.45, 2.75) is 13.8 Å². The molecule has 2 aromatic carbocycles. The Morgan fingerprint density at radius 3 is 2.33 bits per heavy atom. The standard InChI is InChI=1S/C18H17N3O6/c1-11-4-3-5-15(12(11)2)18(24)27-10-16(22)19-20-17(23)13-6-8-14(9-7-13)21(25)26/h3-9H,10H2,1-2H3,(H,19,22)(H,20,23). The van der Waals surface area contributed by atoms with Crippen LogP contribution in [0.5, 0.6) is 0 Å². The summed E-state index contributed by atoms with van der Waals surface area (Å²) >= 11 is 0. The van der Waals surface area contributed by atoms with Gasteiger partial charge >= 0.3 is 5.97 Å². The van der Waals surface area contributed by atoms with Gasteiger partial charge in [0.25, 0.3) is 17.5 Å². The highest BCUT2D eigenvalue weighted by atomic mass is 16.6. The molecule has 0 spiro atoms. The van der Waals surface area contributed by atoms with Crippen molar-refractivity contribution in [3.63, 3.8) is 0 Å². The first-order valence-corrected chi connectivity index (χ1v) is 7.86. The molecule has 2 rings (SSSR count). The van der Waals surface area contributed by atoms with E-state index in [4.69, 9.17) is 4.74 Å². The van der Waals surface area contributed by atoms with Crippen LogP contribution in [0.3, 0.4) is 0 Å². The van der Waals surface area contributed by atoms with E-state index in [1.165, 1.54) is 24.3 Å². The van der Waals surface area contributed by atoms with Crippen LogP contribution in [0.15, 0.2) is 42.5 Å². The maximum absolute atomic E-state index is 12.0. The molecule has 0 aliphatic rings. The Morgan fingerprint density at radius 2 is 1.70 bits per heavy atom. The first-order valence-electron chi connectivity index (χ1n) is 7.86. The number of hydrazine groups is 1. The van der Waals surface area contributed by atoms with Gasteiger partial charge in [-0.05, 0) is 43.2 Å². The Morgan fingerprint density at radius 1 is 1.04 bits per heavy atom. The van der Waals surface area contributed by atoms with Crippen LogP contribution in [0, 0.1) is 24.0 Å². The number of hydrogen-bond donors (Lipinski definition) is 2. The average Bonchev–Trinajstić information content (AvgIpc) is 2.66. The fourth-order valence-electron chi connectivity index (χ4n) is 2.15. The molecule has 0 saturated carbocycles. The van der Waals surface area contributed by atoms with Gasteiger partial charge in [-0.15, -0.1) is 0 Å². The van der Waals surface area contributed by atoms with Crippen LogP contribution < -0.4 is 10.9 Å². The minimum Gasteiger partial charge on any atom is -0.452 e. The van der Waals surface area contributed by atoms with Crippen molar-refractivity contribution in [3.05, 3.63) is 74.8 Å². The molecule has 140 valence electrons. The number of aryl methyl sites for hydroxylation is 1. The Kier molecular flexibility index (Phi) is 6.21. The lowest BCUT2D eigenvalue weighted by atomic mass is 10.0. The maximum Gasteiger partial charge on any atom is 0.338 e. The van der Waals surface area contributed by atoms with Crippen molar-refractivity contribution in [3.8, 4) is 0 Å². The SMILES string of the molecule is Cc1cccc(C(=O)OCC(=O)NNC(=O)c2ccc([N+](=O)[O-])cc2)c1C. The lowest BCUT2D eigenvalue weighted by Gasteiger charge is -2.10. The zero-order valence-corrected chi connectivity index (χ0v) is 14.6. The topological polar surface area (TPSA) is 128 Å². The number of nitro benzene ring substituents is 1. The molecule has 0 radical (unpaired) electrons. The van der Waals surface area contributed by atoms with E-state index < -0.39 is 29.3 Å². The Hall–Kier alpha value is -3.75. The van der Waals surface area contributed by atoms with Gasteiger partial charge in [-0.25, -0.2) is 4.79 Å². The Balaban J connectivity index is 1.83. The largest absolute Gasteiger partial charge is 0.452 e. The van der Waals surface area contributed by atoms with Crippen molar-refractivity contribution in [1.29, 1.82) is 0 Å². The van der Waals surface area contributed by atoms with Gasteiger partial charge in [-0.3, -0.25) is 30.6 Å². The quantitative estimate of drug-likeness (QED) is 0.469. The van der Waals surface area contributed by atoms with Gasteiger partial charge in [0.05, 0.1) is 10.5 Å². The van der Waals surface area contributed by atoms with Crippen molar-refractivity contribution in [2.75, 3.05) is 6.61 Å². The number of esters is 1. The van der Waals surface area contributed by atoms with Crippen LogP contribution in [0.2, 0.25) is 0 Å². The molecule has 9 nitrogen and oxygen atoms in total. The van der Waals surface area contributed by atoms with Crippen LogP contribution >= 0.6 is 0 Å². The smallest absolute Gasteiger partial charge is 0.338 e. The molecule has 0 unspecified atom stereocenters. The Labute approximate surface area is 154 Å². The van der Waals surface area contributed by atoms with Crippen LogP contribution in [0.4, 0.5) is 5.69 Å². The number of hydrogen-bond acceptors (Lipinski definition) is 6. The van der Waals surface area contributed by atoms with Gasteiger partial charge in [0.1, 0.15) is 0 Å². The average molecular weight is 371 g/mol. The molecule has 0 saturated heterocycles. The molecule has 0 aliphatic carbocycles. The fraction of sp³-hybridized carbons (Fsp3) is 0.167. The third kappa shape index (κ3) is 5.11. The van der Waals surface area contributed by atoms with E-state index in [0.717, 1.165) is 11.1 Å². The second-order valence-electron chi connectivity index (χ2n) is 5.63. The molecular weight excluding hydrogens is 354 g/mol. The molecule has 0 atom stereocenters. The van der Waals surface area contributed by atoms with Crippen LogP contribution in [-0.2, 0) is 9.53 Å². The van der Waals surface area contributed by atoms with Crippen molar-refractivity contribution >= 4 is 23.5 Å². The minimum atomic E-state index is -0.732. The van der Waals surface area contributed by atoms with Gasteiger partial charge in [-0.1, -0.05) is 12.1 Å². The summed E-state index contributed by atoms with van der Waals surface area (Å²) in [5, 5.41) is 10.6. The summed E-state index contributed by atoms with van der Waals surface area (Å²) < 4.78 is 4.93. The first-order chi connectivity index (χ1) is 12.8. The van der Waals surface area contributed by atoms with E-state index in [-0.39, 0.29) is 11.3 Å². The first kappa shape index (κ1) is 19.6. The second kappa shape index (κ2) is 8.56. The number of nitrogens with one attached hydrogen (secondary N) is 2. The van der Waals surface area contributed by atoms with E-state index in [1.54, 1.807) is 19.1 Å². The summed E-state index contributed by atoms with van der Waals surface area (Å²) in [6.07, 6.45) is 0. The molecular formula is C18H17N3O6. The normalized spacial score (nSPS) is 10.0. The van der Waals surface area contributed by atoms with E-state index in [1.807, 2.05) is 13.0 Å². The zero-order valence-electron chi connectivity index (χ0n) is 14.6. The lowest BCUT2D eigenvalue weighted by molar-refractivity contribution is -0.384. The summed E-state index contributed by atoms with van der Waals surface area (Å²) in [7, 11) is 0. The number of rotatable bonds is 5. The maximum atomic E-state index is 12.0. The second-order valence-corrected chi connectivity index (χ2v) is 5.63. The number of non-ortho nitro benzene ring substituents is 1. The third-order valence-corrected chi connectivity index (χ3v) is 3.81. The molecule has 0 fully saturated rings. The summed E-state index contributed by atoms with van der Waals surface area (Å²) in [5.41, 5.74) is 6.23. The number of nitrogens with zero attached hydrogens (tertiary/aromatic N) is 1. The molecule has 9 heteroatoms. The lowest BCUT2D eigenvalue weighted by Crippen LogP contribution is -2.43. The van der Waals surface area contributed by atoms with Crippen LogP contribution in [0.25, 0.3) is 0 Å². The Bertz CT molecular complexity index is 892. The number of amides is 2. The molecule has 0 aromatic heterocycles. The highest BCUT2D eigenvalue weighted by Crippen LogP contribution is 2.14. The molecule has 0 aliphatic heterocycles. The van der Waals surface area contributed by atoms with Crippen molar-refractivity contribution in [1.82, 2.24) is 10.9 Å². The van der Waals surface area contributed by atoms with Gasteiger partial charge in [-0.2, -0.15) is 0 Å². The predicted octanol–water partition coefficient (Wildman–Crippen LogP) is 1.83. The molecule has 2 N–H and O–H groups in total. The third-order valence-electron chi connectivity index (χ3n) is 3.81. The summed E-state index contributed by atoms with van der Waals surface area (Å²) in [6, 6.07) is 10.0. The minimum absolute atomic E-state index is 0.119. The molecule has 2 amide bonds. The highest BCUT2D eigenvalue weighted by molar-refractivity contribution is 5.96. The molecule has 0 bridgehead atoms. The number of ether oxygens (including phenoxy) is 1. The van der Waals surface area contributed by atoms with Crippen LogP contribution in [-0.4, -0.2) is 29.3 Å². The number of carbonyl (C=O) groups excluding carboxylic acids is 3. The van der Waals surface area contributed by atoms with Crippen molar-refractivity contribution in [2.24, 2.45) is 0 Å². The molecule has 0 heterocycles. The summed E-state index contributed by atoms with van der Waals surface area (Å²) in [5.74, 6) is -2.05. The predicted molar refractivity (Wildman–Crippen MR) is 94.9 cm³/mol. The van der Waals surface area contributed by atoms with E-state index in [0.29, 0.717) is 5.56 Å². The van der Waals surface area contributed by atoms with Crippen LogP contribution in [0.1, 0.15) is 31.8 Å². The van der Waals surface area contributed by atoms with E-state index >= 15 is 0 Å². The van der Waals surface area contributed by atoms with E-state index in [2.05, 4.69) is 10.9 Å². The van der Waals surface area contributed by atoms with Crippen molar-refractivity contribution < 1.29 is 24.0 Å². The zero-order chi connectivity index (χ0) is 20.0. The van der Waals surface area contributed by atoms with Gasteiger partial charge in [0.15, 0.2) is 6.61 Å². The van der Waals surface area contributed by atoms with Gasteiger partial charge in [0.2, 0.25) is 0 Å². The fourth-order valence-corrected chi connectivity index (χ4v) is 2.15. The number of benzene rings is 2. The molecule has 2 aromatic rings. The molecule has 27 heavy (non-hydrogen) atoms. The number of carbonyl (C=O) groups is 3. The highest BCUT2D eigenvalue weighted by Gasteiger charge is 2.14. The monoisotopic (exact) mass is 371 g/mol. The van der Waals surface area contributed by atoms with E-state index in [9.17, 15) is 24.5 Å².